The maximum Gasteiger partial charge on any atom is 0.133 e. The summed E-state index contributed by atoms with van der Waals surface area (Å²) in [4.78, 5) is 12.1. The van der Waals surface area contributed by atoms with E-state index in [2.05, 4.69) is 41.5 Å². The fraction of sp³-hybridized carbons (Fsp3) is 0.966. The van der Waals surface area contributed by atoms with Gasteiger partial charge >= 0.3 is 0 Å². The summed E-state index contributed by atoms with van der Waals surface area (Å²) < 4.78 is 0. The topological polar surface area (TPSA) is 17.1 Å². The second-order valence-corrected chi connectivity index (χ2v) is 13.1. The van der Waals surface area contributed by atoms with Crippen molar-refractivity contribution in [2.75, 3.05) is 0 Å². The van der Waals surface area contributed by atoms with Crippen LogP contribution < -0.4 is 0 Å². The highest BCUT2D eigenvalue weighted by Crippen LogP contribution is 2.68. The standard InChI is InChI=1S/C29H50O/c1-7-21(19(2)3)9-8-20(4)25-12-13-26-24-11-10-22-18-23(30)14-16-28(22,5)27(24)15-17-29(25,26)6/h19-22,24-27H,7-18H2,1-6H3/t20-,21-,22+,24-,25-,26+,27+,28+,29-/m1/s1. The average Bonchev–Trinajstić information content (AvgIpc) is 3.06. The third kappa shape index (κ3) is 3.73. The molecule has 4 fully saturated rings. The Morgan fingerprint density at radius 1 is 0.900 bits per heavy atom. The number of hydrogen-bond donors (Lipinski definition) is 0. The van der Waals surface area contributed by atoms with E-state index in [4.69, 9.17) is 0 Å². The molecule has 0 saturated heterocycles. The van der Waals surface area contributed by atoms with Gasteiger partial charge in [-0.3, -0.25) is 4.79 Å². The second kappa shape index (κ2) is 8.55. The molecule has 9 atom stereocenters. The van der Waals surface area contributed by atoms with Crippen LogP contribution in [0.1, 0.15) is 119 Å². The van der Waals surface area contributed by atoms with Crippen molar-refractivity contribution in [1.82, 2.24) is 0 Å². The van der Waals surface area contributed by atoms with Crippen molar-refractivity contribution in [3.8, 4) is 0 Å². The van der Waals surface area contributed by atoms with Gasteiger partial charge in [0.15, 0.2) is 0 Å². The van der Waals surface area contributed by atoms with E-state index in [1.54, 1.807) is 0 Å². The number of carbonyl (C=O) groups is 1. The minimum atomic E-state index is 0.466. The zero-order valence-electron chi connectivity index (χ0n) is 21.0. The molecular weight excluding hydrogens is 364 g/mol. The van der Waals surface area contributed by atoms with Gasteiger partial charge in [-0.25, -0.2) is 0 Å². The van der Waals surface area contributed by atoms with Crippen LogP contribution in [0.3, 0.4) is 0 Å². The van der Waals surface area contributed by atoms with E-state index in [0.29, 0.717) is 22.5 Å². The van der Waals surface area contributed by atoms with Gasteiger partial charge in [-0.05, 0) is 110 Å². The third-order valence-corrected chi connectivity index (χ3v) is 11.7. The van der Waals surface area contributed by atoms with Crippen LogP contribution >= 0.6 is 0 Å². The van der Waals surface area contributed by atoms with E-state index in [-0.39, 0.29) is 0 Å². The molecule has 0 radical (unpaired) electrons. The van der Waals surface area contributed by atoms with Crippen LogP contribution in [0.5, 0.6) is 0 Å². The Morgan fingerprint density at radius 3 is 2.33 bits per heavy atom. The number of hydrogen-bond acceptors (Lipinski definition) is 1. The molecule has 1 nitrogen and oxygen atoms in total. The number of fused-ring (bicyclic) bond motifs is 5. The van der Waals surface area contributed by atoms with Crippen molar-refractivity contribution in [3.05, 3.63) is 0 Å². The van der Waals surface area contributed by atoms with Gasteiger partial charge in [-0.2, -0.15) is 0 Å². The van der Waals surface area contributed by atoms with E-state index in [1.165, 1.54) is 64.2 Å². The zero-order chi connectivity index (χ0) is 21.7. The predicted octanol–water partition coefficient (Wildman–Crippen LogP) is 8.31. The second-order valence-electron chi connectivity index (χ2n) is 13.1. The van der Waals surface area contributed by atoms with Crippen molar-refractivity contribution < 1.29 is 4.79 Å². The Kier molecular flexibility index (Phi) is 6.51. The van der Waals surface area contributed by atoms with Crippen LogP contribution in [0.4, 0.5) is 0 Å². The minimum absolute atomic E-state index is 0.466. The smallest absolute Gasteiger partial charge is 0.133 e. The average molecular weight is 415 g/mol. The molecule has 4 rings (SSSR count). The third-order valence-electron chi connectivity index (χ3n) is 11.7. The molecule has 1 heteroatoms. The Hall–Kier alpha value is -0.330. The van der Waals surface area contributed by atoms with Crippen LogP contribution in [-0.4, -0.2) is 5.78 Å². The van der Waals surface area contributed by atoms with E-state index in [1.807, 2.05) is 0 Å². The first-order valence-corrected chi connectivity index (χ1v) is 13.7. The predicted molar refractivity (Wildman–Crippen MR) is 127 cm³/mol. The molecule has 0 N–H and O–H groups in total. The summed E-state index contributed by atoms with van der Waals surface area (Å²) in [5.74, 6) is 7.67. The molecule has 0 aliphatic heterocycles. The van der Waals surface area contributed by atoms with Crippen molar-refractivity contribution >= 4 is 5.78 Å². The van der Waals surface area contributed by atoms with Crippen LogP contribution in [0.25, 0.3) is 0 Å². The molecule has 0 unspecified atom stereocenters. The number of rotatable bonds is 6. The van der Waals surface area contributed by atoms with E-state index in [0.717, 1.165) is 54.3 Å². The van der Waals surface area contributed by atoms with Gasteiger partial charge in [0.2, 0.25) is 0 Å². The fourth-order valence-electron chi connectivity index (χ4n) is 9.71. The molecule has 0 amide bonds. The summed E-state index contributed by atoms with van der Waals surface area (Å²) in [6, 6.07) is 0. The maximum atomic E-state index is 12.1. The number of Topliss-reactive ketones (excluding diaryl/α,β-unsaturated/α-hetero) is 1. The summed E-state index contributed by atoms with van der Waals surface area (Å²) in [7, 11) is 0. The van der Waals surface area contributed by atoms with Crippen molar-refractivity contribution in [1.29, 1.82) is 0 Å². The minimum Gasteiger partial charge on any atom is -0.300 e. The van der Waals surface area contributed by atoms with Crippen LogP contribution in [0.15, 0.2) is 0 Å². The van der Waals surface area contributed by atoms with Gasteiger partial charge in [0.25, 0.3) is 0 Å². The van der Waals surface area contributed by atoms with Gasteiger partial charge < -0.3 is 0 Å². The Bertz CT molecular complexity index is 622. The summed E-state index contributed by atoms with van der Waals surface area (Å²) in [5, 5.41) is 0. The highest BCUT2D eigenvalue weighted by Gasteiger charge is 2.60. The maximum absolute atomic E-state index is 12.1. The molecule has 0 bridgehead atoms. The van der Waals surface area contributed by atoms with Crippen LogP contribution in [0.2, 0.25) is 0 Å². The zero-order valence-corrected chi connectivity index (χ0v) is 21.0. The Labute approximate surface area is 187 Å². The fourth-order valence-corrected chi connectivity index (χ4v) is 9.71. The summed E-state index contributed by atoms with van der Waals surface area (Å²) in [6.07, 6.45) is 15.8. The molecule has 30 heavy (non-hydrogen) atoms. The quantitative estimate of drug-likeness (QED) is 0.427. The lowest BCUT2D eigenvalue weighted by molar-refractivity contribution is -0.140. The lowest BCUT2D eigenvalue weighted by atomic mass is 9.44. The molecule has 0 aromatic heterocycles. The lowest BCUT2D eigenvalue weighted by Gasteiger charge is -2.60. The first-order chi connectivity index (χ1) is 14.2. The van der Waals surface area contributed by atoms with E-state index < -0.39 is 0 Å². The van der Waals surface area contributed by atoms with Gasteiger partial charge in [0, 0.05) is 12.8 Å². The molecular formula is C29H50O. The van der Waals surface area contributed by atoms with Crippen molar-refractivity contribution in [2.24, 2.45) is 58.2 Å². The van der Waals surface area contributed by atoms with Gasteiger partial charge in [0.1, 0.15) is 5.78 Å². The van der Waals surface area contributed by atoms with Gasteiger partial charge in [-0.1, -0.05) is 54.4 Å². The summed E-state index contributed by atoms with van der Waals surface area (Å²) in [5.41, 5.74) is 1.06. The van der Waals surface area contributed by atoms with Crippen LogP contribution in [-0.2, 0) is 4.79 Å². The molecule has 4 aliphatic rings. The number of carbonyl (C=O) groups excluding carboxylic acids is 1. The van der Waals surface area contributed by atoms with Gasteiger partial charge in [-0.15, -0.1) is 0 Å². The first-order valence-electron chi connectivity index (χ1n) is 13.7. The molecule has 0 aromatic carbocycles. The highest BCUT2D eigenvalue weighted by molar-refractivity contribution is 5.79. The summed E-state index contributed by atoms with van der Waals surface area (Å²) in [6.45, 7) is 15.1. The lowest BCUT2D eigenvalue weighted by Crippen LogP contribution is -2.53. The molecule has 0 spiro atoms. The largest absolute Gasteiger partial charge is 0.300 e. The van der Waals surface area contributed by atoms with Crippen LogP contribution in [0, 0.1) is 58.2 Å². The Balaban J connectivity index is 1.45. The van der Waals surface area contributed by atoms with E-state index in [9.17, 15) is 4.79 Å². The SMILES string of the molecule is CC[C@H](CC[C@@H](C)[C@H]1CC[C@H]2[C@H]3CC[C@H]4CC(=O)CC[C@]4(C)[C@H]3CC[C@]12C)C(C)C. The first kappa shape index (κ1) is 22.8. The van der Waals surface area contributed by atoms with Crippen molar-refractivity contribution in [3.63, 3.8) is 0 Å². The normalized spacial score (nSPS) is 45.6. The van der Waals surface area contributed by atoms with E-state index >= 15 is 0 Å². The number of ketones is 1. The monoisotopic (exact) mass is 414 g/mol. The molecule has 4 aliphatic carbocycles. The highest BCUT2D eigenvalue weighted by atomic mass is 16.1. The molecule has 4 saturated carbocycles. The molecule has 0 aromatic rings. The molecule has 172 valence electrons. The van der Waals surface area contributed by atoms with Gasteiger partial charge in [0.05, 0.1) is 0 Å². The van der Waals surface area contributed by atoms with Crippen molar-refractivity contribution in [2.45, 2.75) is 119 Å². The summed E-state index contributed by atoms with van der Waals surface area (Å²) >= 11 is 0. The Morgan fingerprint density at radius 2 is 1.63 bits per heavy atom. The molecule has 0 heterocycles.